The lowest BCUT2D eigenvalue weighted by Gasteiger charge is -2.61. The Morgan fingerprint density at radius 2 is 1.98 bits per heavy atom. The number of carbonyl (C=O) groups excluding carboxylic acids is 1. The highest BCUT2D eigenvalue weighted by atomic mass is 33.1. The van der Waals surface area contributed by atoms with Crippen LogP contribution in [0.4, 0.5) is 0 Å². The second-order valence-electron chi connectivity index (χ2n) is 14.7. The average Bonchev–Trinajstić information content (AvgIpc) is 3.31. The van der Waals surface area contributed by atoms with Gasteiger partial charge >= 0.3 is 0 Å². The number of carbonyl (C=O) groups is 1. The van der Waals surface area contributed by atoms with Gasteiger partial charge in [0.2, 0.25) is 0 Å². The van der Waals surface area contributed by atoms with Crippen LogP contribution < -0.4 is 11.1 Å². The molecule has 2 unspecified atom stereocenters. The van der Waals surface area contributed by atoms with Gasteiger partial charge in [0.15, 0.2) is 11.7 Å². The Balaban J connectivity index is 1.26. The number of nitrogens with one attached hydrogen (secondary N) is 1. The molecule has 2 fully saturated rings. The predicted octanol–water partition coefficient (Wildman–Crippen LogP) is 5.55. The SMILES string of the molecule is C[C@]12CCSSC[C@@]3(CCCC4=C5C[C@H]1C[C@@H](CO)C1[C@H](CCCO)C=CC(C4=O)[C@]512)NC(N)=NC[C@H]3Cc1ccccc1. The van der Waals surface area contributed by atoms with E-state index in [1.807, 2.05) is 21.6 Å². The van der Waals surface area contributed by atoms with Crippen molar-refractivity contribution in [2.45, 2.75) is 70.3 Å². The fraction of sp³-hybridized carbons (Fsp3) is 0.667. The van der Waals surface area contributed by atoms with Crippen molar-refractivity contribution in [3.63, 3.8) is 0 Å². The van der Waals surface area contributed by atoms with Gasteiger partial charge in [0.1, 0.15) is 0 Å². The summed E-state index contributed by atoms with van der Waals surface area (Å²) in [6.45, 7) is 3.62. The third-order valence-corrected chi connectivity index (χ3v) is 15.4. The fourth-order valence-corrected chi connectivity index (χ4v) is 13.9. The molecule has 0 saturated heterocycles. The number of nitrogens with zero attached hydrogens (tertiary/aromatic N) is 1. The Labute approximate surface area is 270 Å². The molecule has 238 valence electrons. The third kappa shape index (κ3) is 4.67. The summed E-state index contributed by atoms with van der Waals surface area (Å²) < 4.78 is 0. The van der Waals surface area contributed by atoms with E-state index in [2.05, 4.69) is 59.7 Å². The topological polar surface area (TPSA) is 108 Å². The maximum absolute atomic E-state index is 14.6. The zero-order chi connectivity index (χ0) is 30.5. The molecule has 44 heavy (non-hydrogen) atoms. The number of rotatable bonds is 6. The number of nitrogens with two attached hydrogens (primary N) is 1. The van der Waals surface area contributed by atoms with E-state index in [1.54, 1.807) is 0 Å². The van der Waals surface area contributed by atoms with E-state index in [1.165, 1.54) is 11.1 Å². The number of aliphatic hydroxyl groups is 2. The van der Waals surface area contributed by atoms with E-state index < -0.39 is 0 Å². The summed E-state index contributed by atoms with van der Waals surface area (Å²) in [4.78, 5) is 19.2. The second-order valence-corrected chi connectivity index (χ2v) is 17.3. The minimum Gasteiger partial charge on any atom is -0.396 e. The summed E-state index contributed by atoms with van der Waals surface area (Å²) in [7, 11) is 3.98. The lowest BCUT2D eigenvalue weighted by Crippen LogP contribution is -2.62. The number of benzene rings is 1. The number of aliphatic imine (C=N–C) groups is 1. The van der Waals surface area contributed by atoms with Gasteiger partial charge in [-0.25, -0.2) is 0 Å². The normalized spacial score (nSPS) is 41.5. The average molecular weight is 636 g/mol. The van der Waals surface area contributed by atoms with E-state index in [0.717, 1.165) is 81.4 Å². The largest absolute Gasteiger partial charge is 0.396 e. The number of allylic oxidation sites excluding steroid dienone is 4. The van der Waals surface area contributed by atoms with Crippen LogP contribution in [-0.4, -0.2) is 58.8 Å². The molecule has 0 radical (unpaired) electrons. The Kier molecular flexibility index (Phi) is 8.51. The molecule has 7 rings (SSSR count). The summed E-state index contributed by atoms with van der Waals surface area (Å²) in [5.41, 5.74) is 9.95. The maximum atomic E-state index is 14.6. The molecule has 1 aromatic carbocycles. The lowest BCUT2D eigenvalue weighted by atomic mass is 9.41. The lowest BCUT2D eigenvalue weighted by molar-refractivity contribution is -0.140. The van der Waals surface area contributed by atoms with Crippen molar-refractivity contribution in [3.8, 4) is 0 Å². The Morgan fingerprint density at radius 1 is 1.14 bits per heavy atom. The quantitative estimate of drug-likeness (QED) is 0.240. The summed E-state index contributed by atoms with van der Waals surface area (Å²) in [6.07, 6.45) is 13.1. The summed E-state index contributed by atoms with van der Waals surface area (Å²) >= 11 is 0. The van der Waals surface area contributed by atoms with Crippen molar-refractivity contribution in [1.29, 1.82) is 0 Å². The van der Waals surface area contributed by atoms with Crippen molar-refractivity contribution in [2.24, 2.45) is 57.1 Å². The van der Waals surface area contributed by atoms with Crippen LogP contribution in [0, 0.1) is 46.3 Å². The summed E-state index contributed by atoms with van der Waals surface area (Å²) in [6, 6.07) is 10.7. The smallest absolute Gasteiger partial charge is 0.189 e. The highest BCUT2D eigenvalue weighted by Gasteiger charge is 2.74. The minimum absolute atomic E-state index is 0.0261. The molecule has 0 amide bonds. The van der Waals surface area contributed by atoms with Crippen LogP contribution in [0.2, 0.25) is 0 Å². The number of guanidine groups is 1. The van der Waals surface area contributed by atoms with Crippen molar-refractivity contribution in [2.75, 3.05) is 31.3 Å². The third-order valence-electron chi connectivity index (χ3n) is 12.9. The summed E-state index contributed by atoms with van der Waals surface area (Å²) in [5.74, 6) is 4.40. The monoisotopic (exact) mass is 635 g/mol. The van der Waals surface area contributed by atoms with Gasteiger partial charge in [-0.3, -0.25) is 9.79 Å². The highest BCUT2D eigenvalue weighted by Crippen LogP contribution is 2.78. The first-order valence-corrected chi connectivity index (χ1v) is 19.4. The van der Waals surface area contributed by atoms with Gasteiger partial charge in [-0.2, -0.15) is 0 Å². The minimum atomic E-state index is -0.197. The van der Waals surface area contributed by atoms with Crippen molar-refractivity contribution in [3.05, 3.63) is 59.2 Å². The molecule has 6 nitrogen and oxygen atoms in total. The van der Waals surface area contributed by atoms with E-state index in [-0.39, 0.29) is 47.3 Å². The van der Waals surface area contributed by atoms with Gasteiger partial charge < -0.3 is 21.3 Å². The molecule has 5 N–H and O–H groups in total. The molecule has 4 aliphatic carbocycles. The molecule has 5 bridgehead atoms. The molecule has 2 heterocycles. The first kappa shape index (κ1) is 30.9. The standard InChI is InChI=1S/C36H49N3O3S2/c1-34-14-16-43-44-22-35(27(20-38-33(37)39-35)17-23-7-3-2-4-8-23)13-5-10-28-30-19-26(34)18-25(21-41)31-24(9-6-15-40)11-12-29(32(28)42)36(30,31)34/h2-4,7-8,11-12,24-27,29,31,40-41H,5-6,9-10,13-22H2,1H3,(H3,37,38,39)/t24-,25+,26-,27-,29?,31?,34+,35-,36+/m1/s1. The fourth-order valence-electron chi connectivity index (χ4n) is 11.0. The molecule has 9 atom stereocenters. The van der Waals surface area contributed by atoms with Crippen molar-refractivity contribution >= 4 is 33.3 Å². The van der Waals surface area contributed by atoms with Crippen LogP contribution >= 0.6 is 21.6 Å². The van der Waals surface area contributed by atoms with Crippen LogP contribution in [0.3, 0.4) is 0 Å². The number of hydrogen-bond acceptors (Lipinski definition) is 8. The highest BCUT2D eigenvalue weighted by molar-refractivity contribution is 8.76. The Bertz CT molecular complexity index is 1350. The first-order chi connectivity index (χ1) is 21.4. The molecule has 2 saturated carbocycles. The van der Waals surface area contributed by atoms with Crippen LogP contribution in [0.15, 0.2) is 58.6 Å². The van der Waals surface area contributed by atoms with E-state index in [0.29, 0.717) is 29.5 Å². The number of Topliss-reactive ketones (excluding diaryl/α,β-unsaturated/α-hetero) is 1. The zero-order valence-electron chi connectivity index (χ0n) is 26.0. The number of aliphatic hydroxyl groups excluding tert-OH is 2. The Morgan fingerprint density at radius 3 is 2.77 bits per heavy atom. The molecule has 2 spiro atoms. The molecule has 6 aliphatic rings. The van der Waals surface area contributed by atoms with Gasteiger partial charge in [-0.05, 0) is 98.0 Å². The van der Waals surface area contributed by atoms with Crippen LogP contribution in [0.5, 0.6) is 0 Å². The van der Waals surface area contributed by atoms with Crippen molar-refractivity contribution in [1.82, 2.24) is 5.32 Å². The molecular weight excluding hydrogens is 587 g/mol. The van der Waals surface area contributed by atoms with Gasteiger partial charge in [0, 0.05) is 42.6 Å². The van der Waals surface area contributed by atoms with Gasteiger partial charge in [0.05, 0.1) is 11.5 Å². The van der Waals surface area contributed by atoms with Gasteiger partial charge in [-0.15, -0.1) is 0 Å². The van der Waals surface area contributed by atoms with E-state index in [9.17, 15) is 15.0 Å². The van der Waals surface area contributed by atoms with Gasteiger partial charge in [-0.1, -0.05) is 76.6 Å². The second kappa shape index (κ2) is 12.1. The number of hydrogen-bond donors (Lipinski definition) is 4. The van der Waals surface area contributed by atoms with Crippen molar-refractivity contribution < 1.29 is 15.0 Å². The maximum Gasteiger partial charge on any atom is 0.189 e. The molecule has 8 heteroatoms. The molecule has 1 aromatic rings. The summed E-state index contributed by atoms with van der Waals surface area (Å²) in [5, 5.41) is 24.2. The first-order valence-electron chi connectivity index (χ1n) is 16.9. The van der Waals surface area contributed by atoms with Gasteiger partial charge in [0.25, 0.3) is 0 Å². The number of ketones is 1. The van der Waals surface area contributed by atoms with Crippen LogP contribution in [-0.2, 0) is 11.2 Å². The molecular formula is C36H49N3O3S2. The zero-order valence-corrected chi connectivity index (χ0v) is 27.7. The van der Waals surface area contributed by atoms with E-state index >= 15 is 0 Å². The van der Waals surface area contributed by atoms with Crippen LogP contribution in [0.1, 0.15) is 63.9 Å². The molecule has 0 aromatic heterocycles. The molecule has 2 aliphatic heterocycles. The Hall–Kier alpha value is -1.74. The van der Waals surface area contributed by atoms with Crippen LogP contribution in [0.25, 0.3) is 0 Å². The predicted molar refractivity (Wildman–Crippen MR) is 181 cm³/mol. The van der Waals surface area contributed by atoms with E-state index in [4.69, 9.17) is 5.73 Å².